The molecule has 0 radical (unpaired) electrons. The minimum Gasteiger partial charge on any atom is -0.392 e. The third-order valence-corrected chi connectivity index (χ3v) is 5.04. The quantitative estimate of drug-likeness (QED) is 0.354. The molecule has 2 heterocycles. The molecule has 4 rings (SSSR count). The molecule has 0 aliphatic rings. The zero-order chi connectivity index (χ0) is 23.9. The van der Waals surface area contributed by atoms with Gasteiger partial charge in [-0.15, -0.1) is 0 Å². The first-order valence-corrected chi connectivity index (χ1v) is 10.9. The van der Waals surface area contributed by atoms with E-state index in [4.69, 9.17) is 0 Å². The summed E-state index contributed by atoms with van der Waals surface area (Å²) in [5.41, 5.74) is 1.92. The molecule has 1 atom stereocenters. The highest BCUT2D eigenvalue weighted by atomic mass is 19.1. The smallest absolute Gasteiger partial charge is 0.228 e. The number of imidazole rings is 1. The van der Waals surface area contributed by atoms with Gasteiger partial charge in [-0.2, -0.15) is 4.98 Å². The maximum absolute atomic E-state index is 13.8. The summed E-state index contributed by atoms with van der Waals surface area (Å²) in [6.45, 7) is 2.02. The number of anilines is 2. The van der Waals surface area contributed by atoms with Crippen molar-refractivity contribution in [3.63, 3.8) is 0 Å². The van der Waals surface area contributed by atoms with Crippen molar-refractivity contribution in [2.24, 2.45) is 0 Å². The van der Waals surface area contributed by atoms with Gasteiger partial charge in [-0.1, -0.05) is 30.3 Å². The lowest BCUT2D eigenvalue weighted by atomic mass is 10.1. The molecular formula is C25H25FN6O2. The Morgan fingerprint density at radius 2 is 1.97 bits per heavy atom. The number of hydrogen-bond acceptors (Lipinski definition) is 6. The zero-order valence-corrected chi connectivity index (χ0v) is 18.6. The summed E-state index contributed by atoms with van der Waals surface area (Å²) in [5.74, 6) is 1.13. The summed E-state index contributed by atoms with van der Waals surface area (Å²) < 4.78 is 15.7. The molecule has 4 aromatic rings. The molecule has 0 saturated heterocycles. The topological polar surface area (TPSA) is 105 Å². The Balaban J connectivity index is 1.45. The Labute approximate surface area is 196 Å². The highest BCUT2D eigenvalue weighted by Gasteiger charge is 2.11. The van der Waals surface area contributed by atoms with Crippen LogP contribution in [0.5, 0.6) is 0 Å². The van der Waals surface area contributed by atoms with Gasteiger partial charge in [0.05, 0.1) is 12.5 Å². The molecule has 9 heteroatoms. The number of benzene rings is 2. The standard InChI is InChI=1S/C25H25FN6O2/c1-17(33)16-29-25-28-10-9-22(31-25)32-12-11-27-23(32)14-18-5-4-7-20(13-18)30-24(34)15-19-6-2-3-8-21(19)26/h2-13,17,33H,14-16H2,1H3,(H,30,34)(H,28,29,31)/t17-/m0/s1. The summed E-state index contributed by atoms with van der Waals surface area (Å²) in [7, 11) is 0. The van der Waals surface area contributed by atoms with Gasteiger partial charge in [0.2, 0.25) is 11.9 Å². The van der Waals surface area contributed by atoms with E-state index < -0.39 is 11.9 Å². The molecule has 0 unspecified atom stereocenters. The molecule has 0 spiro atoms. The van der Waals surface area contributed by atoms with Crippen molar-refractivity contribution in [3.8, 4) is 5.82 Å². The molecule has 2 aromatic heterocycles. The highest BCUT2D eigenvalue weighted by molar-refractivity contribution is 5.92. The number of carbonyl (C=O) groups excluding carboxylic acids is 1. The Morgan fingerprint density at radius 1 is 1.12 bits per heavy atom. The molecule has 174 valence electrons. The van der Waals surface area contributed by atoms with E-state index in [2.05, 4.69) is 25.6 Å². The Hall–Kier alpha value is -4.11. The largest absolute Gasteiger partial charge is 0.392 e. The van der Waals surface area contributed by atoms with E-state index in [9.17, 15) is 14.3 Å². The van der Waals surface area contributed by atoms with E-state index in [0.717, 1.165) is 11.4 Å². The number of aromatic nitrogens is 4. The number of nitrogens with zero attached hydrogens (tertiary/aromatic N) is 4. The van der Waals surface area contributed by atoms with Crippen LogP contribution in [0.1, 0.15) is 23.9 Å². The summed E-state index contributed by atoms with van der Waals surface area (Å²) >= 11 is 0. The number of aliphatic hydroxyl groups excluding tert-OH is 1. The fourth-order valence-electron chi connectivity index (χ4n) is 3.44. The predicted molar refractivity (Wildman–Crippen MR) is 127 cm³/mol. The van der Waals surface area contributed by atoms with Gasteiger partial charge >= 0.3 is 0 Å². The van der Waals surface area contributed by atoms with Crippen LogP contribution >= 0.6 is 0 Å². The van der Waals surface area contributed by atoms with Crippen molar-refractivity contribution >= 4 is 17.5 Å². The zero-order valence-electron chi connectivity index (χ0n) is 18.6. The Morgan fingerprint density at radius 3 is 2.79 bits per heavy atom. The summed E-state index contributed by atoms with van der Waals surface area (Å²) in [6, 6.07) is 15.5. The van der Waals surface area contributed by atoms with Crippen molar-refractivity contribution in [1.82, 2.24) is 19.5 Å². The molecule has 0 aliphatic carbocycles. The van der Waals surface area contributed by atoms with E-state index in [-0.39, 0.29) is 12.3 Å². The fourth-order valence-corrected chi connectivity index (χ4v) is 3.44. The lowest BCUT2D eigenvalue weighted by molar-refractivity contribution is -0.115. The van der Waals surface area contributed by atoms with Crippen LogP contribution in [0.25, 0.3) is 5.82 Å². The maximum atomic E-state index is 13.8. The minimum absolute atomic E-state index is 0.0412. The SMILES string of the molecule is C[C@H](O)CNc1nccc(-n2ccnc2Cc2cccc(NC(=O)Cc3ccccc3F)c2)n1. The van der Waals surface area contributed by atoms with E-state index in [0.29, 0.717) is 36.0 Å². The third-order valence-electron chi connectivity index (χ3n) is 5.04. The average molecular weight is 461 g/mol. The molecule has 3 N–H and O–H groups in total. The molecule has 1 amide bonds. The summed E-state index contributed by atoms with van der Waals surface area (Å²) in [6.07, 6.45) is 5.10. The maximum Gasteiger partial charge on any atom is 0.228 e. The molecule has 0 bridgehead atoms. The number of rotatable bonds is 9. The van der Waals surface area contributed by atoms with Crippen LogP contribution in [0.15, 0.2) is 73.2 Å². The second-order valence-electron chi connectivity index (χ2n) is 7.88. The van der Waals surface area contributed by atoms with Crippen molar-refractivity contribution in [1.29, 1.82) is 0 Å². The van der Waals surface area contributed by atoms with Gasteiger partial charge < -0.3 is 15.7 Å². The van der Waals surface area contributed by atoms with Crippen LogP contribution in [-0.4, -0.2) is 43.2 Å². The number of aliphatic hydroxyl groups is 1. The van der Waals surface area contributed by atoms with Crippen LogP contribution in [0.2, 0.25) is 0 Å². The monoisotopic (exact) mass is 460 g/mol. The Bertz CT molecular complexity index is 1270. The number of carbonyl (C=O) groups is 1. The van der Waals surface area contributed by atoms with Gasteiger partial charge in [-0.3, -0.25) is 9.36 Å². The van der Waals surface area contributed by atoms with Crippen molar-refractivity contribution in [2.75, 3.05) is 17.2 Å². The Kier molecular flexibility index (Phi) is 7.24. The normalized spacial score (nSPS) is 11.7. The second kappa shape index (κ2) is 10.7. The number of nitrogens with one attached hydrogen (secondary N) is 2. The van der Waals surface area contributed by atoms with Gasteiger partial charge in [0.25, 0.3) is 0 Å². The highest BCUT2D eigenvalue weighted by Crippen LogP contribution is 2.17. The van der Waals surface area contributed by atoms with E-state index in [1.54, 1.807) is 49.6 Å². The molecule has 2 aromatic carbocycles. The van der Waals surface area contributed by atoms with Gasteiger partial charge in [0.15, 0.2) is 0 Å². The van der Waals surface area contributed by atoms with E-state index in [1.807, 2.05) is 29.0 Å². The molecule has 0 saturated carbocycles. The van der Waals surface area contributed by atoms with Gasteiger partial charge in [-0.25, -0.2) is 14.4 Å². The number of amides is 1. The van der Waals surface area contributed by atoms with Crippen LogP contribution < -0.4 is 10.6 Å². The van der Waals surface area contributed by atoms with Crippen molar-refractivity contribution in [3.05, 3.63) is 96.0 Å². The van der Waals surface area contributed by atoms with Crippen LogP contribution in [0.4, 0.5) is 16.0 Å². The lowest BCUT2D eigenvalue weighted by Gasteiger charge is -2.11. The molecule has 8 nitrogen and oxygen atoms in total. The van der Waals surface area contributed by atoms with Gasteiger partial charge in [0, 0.05) is 37.2 Å². The molecule has 0 fully saturated rings. The van der Waals surface area contributed by atoms with E-state index >= 15 is 0 Å². The van der Waals surface area contributed by atoms with Crippen LogP contribution in [0.3, 0.4) is 0 Å². The first-order valence-electron chi connectivity index (χ1n) is 10.9. The van der Waals surface area contributed by atoms with Gasteiger partial charge in [-0.05, 0) is 42.3 Å². The van der Waals surface area contributed by atoms with E-state index in [1.165, 1.54) is 6.07 Å². The minimum atomic E-state index is -0.518. The summed E-state index contributed by atoms with van der Waals surface area (Å²) in [5, 5.41) is 15.3. The lowest BCUT2D eigenvalue weighted by Crippen LogP contribution is -2.17. The molecule has 34 heavy (non-hydrogen) atoms. The third kappa shape index (κ3) is 6.02. The van der Waals surface area contributed by atoms with Crippen LogP contribution in [0, 0.1) is 5.82 Å². The molecular weight excluding hydrogens is 435 g/mol. The predicted octanol–water partition coefficient (Wildman–Crippen LogP) is 3.37. The average Bonchev–Trinajstić information content (AvgIpc) is 3.28. The van der Waals surface area contributed by atoms with Crippen molar-refractivity contribution in [2.45, 2.75) is 25.9 Å². The molecule has 0 aliphatic heterocycles. The first kappa shape index (κ1) is 23.1. The van der Waals surface area contributed by atoms with Crippen molar-refractivity contribution < 1.29 is 14.3 Å². The second-order valence-corrected chi connectivity index (χ2v) is 7.88. The fraction of sp³-hybridized carbons (Fsp3) is 0.200. The summed E-state index contributed by atoms with van der Waals surface area (Å²) in [4.78, 5) is 25.5. The number of halogens is 1. The van der Waals surface area contributed by atoms with Crippen LogP contribution in [-0.2, 0) is 17.6 Å². The van der Waals surface area contributed by atoms with Gasteiger partial charge in [0.1, 0.15) is 17.5 Å². The first-order chi connectivity index (χ1) is 16.5. The number of hydrogen-bond donors (Lipinski definition) is 3.